The maximum absolute atomic E-state index is 6.02. The van der Waals surface area contributed by atoms with Crippen LogP contribution in [-0.4, -0.2) is 9.97 Å². The van der Waals surface area contributed by atoms with Crippen LogP contribution in [0.25, 0.3) is 0 Å². The van der Waals surface area contributed by atoms with Crippen molar-refractivity contribution in [3.8, 4) is 0 Å². The van der Waals surface area contributed by atoms with Gasteiger partial charge in [0.15, 0.2) is 0 Å². The average molecular weight is 310 g/mol. The molecule has 5 heteroatoms. The smallest absolute Gasteiger partial charge is 0.147 e. The Morgan fingerprint density at radius 2 is 1.93 bits per heavy atom. The molecule has 82 valence electrons. The molecule has 0 amide bonds. The minimum atomic E-state index is 0.312. The van der Waals surface area contributed by atoms with Crippen LogP contribution in [0.4, 0.5) is 0 Å². The molecule has 1 aromatic rings. The van der Waals surface area contributed by atoms with Gasteiger partial charge >= 0.3 is 0 Å². The molecule has 1 saturated carbocycles. The topological polar surface area (TPSA) is 25.8 Å². The van der Waals surface area contributed by atoms with Crippen molar-refractivity contribution in [1.29, 1.82) is 0 Å². The van der Waals surface area contributed by atoms with E-state index in [1.807, 2.05) is 0 Å². The molecule has 1 aliphatic rings. The van der Waals surface area contributed by atoms with Gasteiger partial charge in [-0.3, -0.25) is 0 Å². The number of hydrogen-bond acceptors (Lipinski definition) is 2. The van der Waals surface area contributed by atoms with E-state index in [1.165, 1.54) is 25.7 Å². The van der Waals surface area contributed by atoms with Gasteiger partial charge in [-0.1, -0.05) is 24.4 Å². The van der Waals surface area contributed by atoms with Gasteiger partial charge in [0.05, 0.1) is 16.0 Å². The van der Waals surface area contributed by atoms with Crippen LogP contribution >= 0.6 is 39.1 Å². The average Bonchev–Trinajstić information content (AvgIpc) is 2.75. The molecule has 1 aromatic heterocycles. The van der Waals surface area contributed by atoms with Crippen molar-refractivity contribution < 1.29 is 0 Å². The highest BCUT2D eigenvalue weighted by molar-refractivity contribution is 9.10. The third-order valence-corrected chi connectivity index (χ3v) is 4.27. The molecule has 2 rings (SSSR count). The Labute approximate surface area is 108 Å². The molecule has 0 radical (unpaired) electrons. The molecule has 0 saturated heterocycles. The van der Waals surface area contributed by atoms with Gasteiger partial charge in [0.25, 0.3) is 0 Å². The van der Waals surface area contributed by atoms with Gasteiger partial charge < -0.3 is 0 Å². The number of rotatable bonds is 2. The Hall–Kier alpha value is 0.140. The maximum atomic E-state index is 6.02. The van der Waals surface area contributed by atoms with E-state index in [9.17, 15) is 0 Å². The molecule has 2 nitrogen and oxygen atoms in total. The van der Waals surface area contributed by atoms with E-state index in [2.05, 4.69) is 25.9 Å². The Kier molecular flexibility index (Phi) is 3.86. The van der Waals surface area contributed by atoms with Crippen LogP contribution in [0.1, 0.15) is 43.1 Å². The van der Waals surface area contributed by atoms with E-state index in [4.69, 9.17) is 23.2 Å². The zero-order valence-electron chi connectivity index (χ0n) is 8.14. The minimum Gasteiger partial charge on any atom is -0.235 e. The molecule has 15 heavy (non-hydrogen) atoms. The van der Waals surface area contributed by atoms with Crippen molar-refractivity contribution in [3.05, 3.63) is 21.1 Å². The summed E-state index contributed by atoms with van der Waals surface area (Å²) in [6, 6.07) is 0. The summed E-state index contributed by atoms with van der Waals surface area (Å²) in [6.45, 7) is 0. The third-order valence-electron chi connectivity index (χ3n) is 2.74. The predicted molar refractivity (Wildman–Crippen MR) is 65.5 cm³/mol. The van der Waals surface area contributed by atoms with E-state index in [-0.39, 0.29) is 0 Å². The Bertz CT molecular complexity index is 365. The van der Waals surface area contributed by atoms with Gasteiger partial charge in [-0.25, -0.2) is 9.97 Å². The molecule has 0 spiro atoms. The van der Waals surface area contributed by atoms with Crippen LogP contribution in [0.5, 0.6) is 0 Å². The zero-order chi connectivity index (χ0) is 10.8. The Balaban J connectivity index is 2.39. The number of halogens is 3. The fourth-order valence-electron chi connectivity index (χ4n) is 2.01. The van der Waals surface area contributed by atoms with Gasteiger partial charge in [0, 0.05) is 5.92 Å². The summed E-state index contributed by atoms with van der Waals surface area (Å²) in [5.74, 6) is 1.45. The molecule has 0 aromatic carbocycles. The van der Waals surface area contributed by atoms with Crippen LogP contribution in [0, 0.1) is 0 Å². The van der Waals surface area contributed by atoms with E-state index >= 15 is 0 Å². The van der Waals surface area contributed by atoms with E-state index in [0.717, 1.165) is 10.2 Å². The van der Waals surface area contributed by atoms with Crippen molar-refractivity contribution in [2.24, 2.45) is 0 Å². The second-order valence-electron chi connectivity index (χ2n) is 3.74. The standard InChI is InChI=1S/C10H11BrCl2N2/c11-8-9(6-3-1-2-4-6)14-7(5-12)15-10(8)13/h6H,1-5H2. The molecule has 1 aliphatic carbocycles. The Morgan fingerprint density at radius 3 is 2.53 bits per heavy atom. The summed E-state index contributed by atoms with van der Waals surface area (Å²) in [4.78, 5) is 8.56. The molecule has 0 aliphatic heterocycles. The highest BCUT2D eigenvalue weighted by atomic mass is 79.9. The Morgan fingerprint density at radius 1 is 1.27 bits per heavy atom. The third kappa shape index (κ3) is 2.45. The molecular formula is C10H11BrCl2N2. The molecule has 0 N–H and O–H groups in total. The first-order valence-electron chi connectivity index (χ1n) is 5.00. The van der Waals surface area contributed by atoms with Gasteiger partial charge in [-0.15, -0.1) is 11.6 Å². The van der Waals surface area contributed by atoms with Crippen molar-refractivity contribution in [2.45, 2.75) is 37.5 Å². The minimum absolute atomic E-state index is 0.312. The summed E-state index contributed by atoms with van der Waals surface area (Å²) in [5.41, 5.74) is 1.03. The van der Waals surface area contributed by atoms with Gasteiger partial charge in [0.1, 0.15) is 11.0 Å². The quantitative estimate of drug-likeness (QED) is 0.601. The SMILES string of the molecule is ClCc1nc(Cl)c(Br)c(C2CCCC2)n1. The largest absolute Gasteiger partial charge is 0.235 e. The van der Waals surface area contributed by atoms with Crippen LogP contribution in [0.2, 0.25) is 5.15 Å². The lowest BCUT2D eigenvalue weighted by Crippen LogP contribution is -2.03. The first-order valence-corrected chi connectivity index (χ1v) is 6.70. The highest BCUT2D eigenvalue weighted by Crippen LogP contribution is 2.38. The lowest BCUT2D eigenvalue weighted by atomic mass is 10.0. The predicted octanol–water partition coefficient (Wildman–Crippen LogP) is 4.29. The zero-order valence-corrected chi connectivity index (χ0v) is 11.2. The normalized spacial score (nSPS) is 17.3. The summed E-state index contributed by atoms with van der Waals surface area (Å²) in [6.07, 6.45) is 4.92. The van der Waals surface area contributed by atoms with Crippen molar-refractivity contribution in [2.75, 3.05) is 0 Å². The summed E-state index contributed by atoms with van der Waals surface area (Å²) >= 11 is 15.2. The molecule has 1 heterocycles. The second-order valence-corrected chi connectivity index (χ2v) is 5.16. The van der Waals surface area contributed by atoms with Crippen LogP contribution in [0.15, 0.2) is 4.47 Å². The first kappa shape index (κ1) is 11.6. The van der Waals surface area contributed by atoms with Crippen molar-refractivity contribution in [1.82, 2.24) is 9.97 Å². The van der Waals surface area contributed by atoms with Crippen LogP contribution in [-0.2, 0) is 5.88 Å². The molecule has 0 bridgehead atoms. The van der Waals surface area contributed by atoms with Gasteiger partial charge in [-0.05, 0) is 28.8 Å². The van der Waals surface area contributed by atoms with E-state index in [1.54, 1.807) is 0 Å². The van der Waals surface area contributed by atoms with Crippen molar-refractivity contribution >= 4 is 39.1 Å². The molecule has 0 atom stereocenters. The summed E-state index contributed by atoms with van der Waals surface area (Å²) in [7, 11) is 0. The number of nitrogens with zero attached hydrogens (tertiary/aromatic N) is 2. The van der Waals surface area contributed by atoms with Crippen molar-refractivity contribution in [3.63, 3.8) is 0 Å². The van der Waals surface area contributed by atoms with E-state index < -0.39 is 0 Å². The fraction of sp³-hybridized carbons (Fsp3) is 0.600. The number of hydrogen-bond donors (Lipinski definition) is 0. The number of alkyl halides is 1. The lowest BCUT2D eigenvalue weighted by molar-refractivity contribution is 0.683. The maximum Gasteiger partial charge on any atom is 0.147 e. The van der Waals surface area contributed by atoms with Crippen LogP contribution < -0.4 is 0 Å². The summed E-state index contributed by atoms with van der Waals surface area (Å²) < 4.78 is 0.838. The first-order chi connectivity index (χ1) is 7.22. The van der Waals surface area contributed by atoms with Gasteiger partial charge in [0.2, 0.25) is 0 Å². The highest BCUT2D eigenvalue weighted by Gasteiger charge is 2.23. The molecule has 0 unspecified atom stereocenters. The van der Waals surface area contributed by atoms with Crippen LogP contribution in [0.3, 0.4) is 0 Å². The van der Waals surface area contributed by atoms with E-state index in [0.29, 0.717) is 22.8 Å². The van der Waals surface area contributed by atoms with Gasteiger partial charge in [-0.2, -0.15) is 0 Å². The summed E-state index contributed by atoms with van der Waals surface area (Å²) in [5, 5.41) is 0.475. The fourth-order valence-corrected chi connectivity index (χ4v) is 2.83. The number of aromatic nitrogens is 2. The second kappa shape index (κ2) is 4.98. The molecular weight excluding hydrogens is 299 g/mol. The molecule has 1 fully saturated rings. The lowest BCUT2D eigenvalue weighted by Gasteiger charge is -2.12. The monoisotopic (exact) mass is 308 g/mol.